The Hall–Kier alpha value is -3.42. The number of aryl methyl sites for hydroxylation is 2. The van der Waals surface area contributed by atoms with Crippen LogP contribution in [0.5, 0.6) is 11.5 Å². The SMILES string of the molecule is CCOC(=O)C(=O)Nc1cc(C)c(Oc2ccc(F)c(C(=O)N(C)C3CCC3)c2)c(C)c1. The third kappa shape index (κ3) is 5.07. The molecule has 1 aliphatic rings. The van der Waals surface area contributed by atoms with Gasteiger partial charge in [-0.25, -0.2) is 9.18 Å². The molecule has 0 heterocycles. The van der Waals surface area contributed by atoms with E-state index < -0.39 is 17.7 Å². The molecule has 0 spiro atoms. The maximum Gasteiger partial charge on any atom is 0.397 e. The van der Waals surface area contributed by atoms with Crippen molar-refractivity contribution in [2.45, 2.75) is 46.1 Å². The Morgan fingerprint density at radius 2 is 1.78 bits per heavy atom. The number of hydrogen-bond acceptors (Lipinski definition) is 5. The lowest BCUT2D eigenvalue weighted by atomic mass is 9.91. The van der Waals surface area contributed by atoms with E-state index >= 15 is 0 Å². The van der Waals surface area contributed by atoms with E-state index in [1.165, 1.54) is 18.2 Å². The van der Waals surface area contributed by atoms with E-state index in [2.05, 4.69) is 10.1 Å². The van der Waals surface area contributed by atoms with Gasteiger partial charge in [0.2, 0.25) is 0 Å². The number of hydrogen-bond donors (Lipinski definition) is 1. The van der Waals surface area contributed by atoms with Gasteiger partial charge in [0.25, 0.3) is 5.91 Å². The van der Waals surface area contributed by atoms with Crippen molar-refractivity contribution in [1.29, 1.82) is 0 Å². The van der Waals surface area contributed by atoms with E-state index in [9.17, 15) is 18.8 Å². The summed E-state index contributed by atoms with van der Waals surface area (Å²) in [6.07, 6.45) is 2.93. The van der Waals surface area contributed by atoms with E-state index in [0.717, 1.165) is 19.3 Å². The van der Waals surface area contributed by atoms with Gasteiger partial charge >= 0.3 is 11.9 Å². The minimum atomic E-state index is -0.960. The van der Waals surface area contributed by atoms with Crippen LogP contribution in [0.25, 0.3) is 0 Å². The van der Waals surface area contributed by atoms with Gasteiger partial charge in [0, 0.05) is 18.8 Å². The third-order valence-electron chi connectivity index (χ3n) is 5.51. The predicted octanol–water partition coefficient (Wildman–Crippen LogP) is 4.36. The van der Waals surface area contributed by atoms with Crippen molar-refractivity contribution >= 4 is 23.5 Å². The predicted molar refractivity (Wildman–Crippen MR) is 117 cm³/mol. The molecule has 1 saturated carbocycles. The standard InChI is InChI=1S/C24H27FN2O5/c1-5-31-24(30)22(28)26-16-11-14(2)21(15(3)12-16)32-18-9-10-20(25)19(13-18)23(29)27(4)17-7-6-8-17/h9-13,17H,5-8H2,1-4H3,(H,26,28). The van der Waals surface area contributed by atoms with Gasteiger partial charge in [0.05, 0.1) is 12.2 Å². The molecule has 2 amide bonds. The smallest absolute Gasteiger partial charge is 0.397 e. The molecule has 0 radical (unpaired) electrons. The number of esters is 1. The number of ether oxygens (including phenoxy) is 2. The van der Waals surface area contributed by atoms with Crippen LogP contribution < -0.4 is 10.1 Å². The van der Waals surface area contributed by atoms with E-state index in [1.807, 2.05) is 0 Å². The maximum atomic E-state index is 14.4. The highest BCUT2D eigenvalue weighted by atomic mass is 19.1. The largest absolute Gasteiger partial charge is 0.459 e. The Kier molecular flexibility index (Phi) is 7.12. The Balaban J connectivity index is 1.79. The molecular formula is C24H27FN2O5. The molecule has 1 aliphatic carbocycles. The lowest BCUT2D eigenvalue weighted by Gasteiger charge is -2.34. The summed E-state index contributed by atoms with van der Waals surface area (Å²) in [5.74, 6) is -1.96. The lowest BCUT2D eigenvalue weighted by molar-refractivity contribution is -0.152. The number of carbonyl (C=O) groups is 3. The van der Waals surface area contributed by atoms with E-state index in [-0.39, 0.29) is 24.1 Å². The van der Waals surface area contributed by atoms with Gasteiger partial charge in [-0.3, -0.25) is 9.59 Å². The molecular weight excluding hydrogens is 415 g/mol. The molecule has 0 saturated heterocycles. The molecule has 170 valence electrons. The molecule has 8 heteroatoms. The quantitative estimate of drug-likeness (QED) is 0.531. The van der Waals surface area contributed by atoms with Crippen LogP contribution in [0.2, 0.25) is 0 Å². The van der Waals surface area contributed by atoms with Gasteiger partial charge in [0.1, 0.15) is 17.3 Å². The van der Waals surface area contributed by atoms with Gasteiger partial charge in [-0.15, -0.1) is 0 Å². The lowest BCUT2D eigenvalue weighted by Crippen LogP contribution is -2.41. The van der Waals surface area contributed by atoms with E-state index in [0.29, 0.717) is 28.3 Å². The second-order valence-electron chi connectivity index (χ2n) is 7.86. The van der Waals surface area contributed by atoms with Crippen LogP contribution in [0.3, 0.4) is 0 Å². The summed E-state index contributed by atoms with van der Waals surface area (Å²) in [7, 11) is 1.69. The first-order valence-corrected chi connectivity index (χ1v) is 10.5. The fraction of sp³-hybridized carbons (Fsp3) is 0.375. The number of nitrogens with one attached hydrogen (secondary N) is 1. The van der Waals surface area contributed by atoms with Crippen LogP contribution in [0, 0.1) is 19.7 Å². The summed E-state index contributed by atoms with van der Waals surface area (Å²) >= 11 is 0. The molecule has 0 unspecified atom stereocenters. The van der Waals surface area contributed by atoms with Crippen LogP contribution in [-0.4, -0.2) is 42.4 Å². The van der Waals surface area contributed by atoms with Crippen molar-refractivity contribution in [2.75, 3.05) is 19.0 Å². The molecule has 1 N–H and O–H groups in total. The Morgan fingerprint density at radius 1 is 1.12 bits per heavy atom. The van der Waals surface area contributed by atoms with Crippen molar-refractivity contribution in [3.05, 3.63) is 52.8 Å². The average Bonchev–Trinajstić information content (AvgIpc) is 2.70. The van der Waals surface area contributed by atoms with Crippen LogP contribution in [0.1, 0.15) is 47.7 Å². The van der Waals surface area contributed by atoms with Gasteiger partial charge in [-0.05, 0) is 81.5 Å². The number of rotatable bonds is 6. The number of halogens is 1. The topological polar surface area (TPSA) is 84.9 Å². The van der Waals surface area contributed by atoms with Crippen molar-refractivity contribution in [3.63, 3.8) is 0 Å². The number of benzene rings is 2. The molecule has 7 nitrogen and oxygen atoms in total. The summed E-state index contributed by atoms with van der Waals surface area (Å²) < 4.78 is 25.0. The van der Waals surface area contributed by atoms with Gasteiger partial charge < -0.3 is 19.7 Å². The van der Waals surface area contributed by atoms with Crippen molar-refractivity contribution in [3.8, 4) is 11.5 Å². The second kappa shape index (κ2) is 9.80. The van der Waals surface area contributed by atoms with E-state index in [1.54, 1.807) is 44.9 Å². The van der Waals surface area contributed by atoms with Crippen LogP contribution >= 0.6 is 0 Å². The number of anilines is 1. The highest BCUT2D eigenvalue weighted by molar-refractivity contribution is 6.37. The van der Waals surface area contributed by atoms with Gasteiger partial charge in [0.15, 0.2) is 0 Å². The molecule has 2 aromatic rings. The second-order valence-corrected chi connectivity index (χ2v) is 7.86. The van der Waals surface area contributed by atoms with Crippen molar-refractivity contribution in [2.24, 2.45) is 0 Å². The normalized spacial score (nSPS) is 13.2. The molecule has 32 heavy (non-hydrogen) atoms. The fourth-order valence-corrected chi connectivity index (χ4v) is 3.54. The fourth-order valence-electron chi connectivity index (χ4n) is 3.54. The number of amides is 2. The molecule has 0 bridgehead atoms. The first kappa shape index (κ1) is 23.2. The first-order valence-electron chi connectivity index (χ1n) is 10.5. The molecule has 3 rings (SSSR count). The van der Waals surface area contributed by atoms with Crippen molar-refractivity contribution < 1.29 is 28.2 Å². The summed E-state index contributed by atoms with van der Waals surface area (Å²) in [5, 5.41) is 2.50. The maximum absolute atomic E-state index is 14.4. The number of carbonyl (C=O) groups excluding carboxylic acids is 3. The molecule has 0 atom stereocenters. The highest BCUT2D eigenvalue weighted by Gasteiger charge is 2.28. The molecule has 1 fully saturated rings. The molecule has 2 aromatic carbocycles. The third-order valence-corrected chi connectivity index (χ3v) is 5.51. The average molecular weight is 442 g/mol. The van der Waals surface area contributed by atoms with Crippen LogP contribution in [0.15, 0.2) is 30.3 Å². The minimum Gasteiger partial charge on any atom is -0.459 e. The summed E-state index contributed by atoms with van der Waals surface area (Å²) in [5.41, 5.74) is 1.76. The monoisotopic (exact) mass is 442 g/mol. The Labute approximate surface area is 186 Å². The molecule has 0 aromatic heterocycles. The zero-order valence-electron chi connectivity index (χ0n) is 18.7. The van der Waals surface area contributed by atoms with Gasteiger partial charge in [-0.2, -0.15) is 0 Å². The zero-order chi connectivity index (χ0) is 23.4. The van der Waals surface area contributed by atoms with E-state index in [4.69, 9.17) is 4.74 Å². The van der Waals surface area contributed by atoms with Crippen LogP contribution in [-0.2, 0) is 14.3 Å². The summed E-state index contributed by atoms with van der Waals surface area (Å²) in [4.78, 5) is 37.7. The molecule has 0 aliphatic heterocycles. The first-order chi connectivity index (χ1) is 15.2. The summed E-state index contributed by atoms with van der Waals surface area (Å²) in [6, 6.07) is 7.54. The highest BCUT2D eigenvalue weighted by Crippen LogP contribution is 2.33. The summed E-state index contributed by atoms with van der Waals surface area (Å²) in [6.45, 7) is 5.28. The van der Waals surface area contributed by atoms with Crippen molar-refractivity contribution in [1.82, 2.24) is 4.90 Å². The Bertz CT molecular complexity index is 1030. The number of nitrogens with zero attached hydrogens (tertiary/aromatic N) is 1. The Morgan fingerprint density at radius 3 is 2.34 bits per heavy atom. The van der Waals surface area contributed by atoms with Gasteiger partial charge in [-0.1, -0.05) is 0 Å². The minimum absolute atomic E-state index is 0.0365. The zero-order valence-corrected chi connectivity index (χ0v) is 18.7. The van der Waals surface area contributed by atoms with Crippen LogP contribution in [0.4, 0.5) is 10.1 Å².